The van der Waals surface area contributed by atoms with Crippen LogP contribution in [-0.2, 0) is 19.0 Å². The Hall–Kier alpha value is -0.610. The fourth-order valence-corrected chi connectivity index (χ4v) is 3.20. The lowest BCUT2D eigenvalue weighted by atomic mass is 10.0. The molecule has 0 saturated heterocycles. The highest BCUT2D eigenvalue weighted by Gasteiger charge is 2.12. The van der Waals surface area contributed by atoms with Crippen molar-refractivity contribution in [2.24, 2.45) is 0 Å². The van der Waals surface area contributed by atoms with Crippen LogP contribution in [0.5, 0.6) is 0 Å². The molecule has 0 saturated carbocycles. The van der Waals surface area contributed by atoms with Crippen LogP contribution in [-0.4, -0.2) is 32.6 Å². The second kappa shape index (κ2) is 20.7. The maximum Gasteiger partial charge on any atom is 0.305 e. The van der Waals surface area contributed by atoms with Gasteiger partial charge in [0.1, 0.15) is 6.79 Å². The van der Waals surface area contributed by atoms with Crippen molar-refractivity contribution in [1.82, 2.24) is 0 Å². The number of carbonyl (C=O) groups excluding carboxylic acids is 1. The Kier molecular flexibility index (Phi) is 20.2. The first-order chi connectivity index (χ1) is 12.7. The van der Waals surface area contributed by atoms with Gasteiger partial charge in [-0.15, -0.1) is 0 Å². The summed E-state index contributed by atoms with van der Waals surface area (Å²) < 4.78 is 15.7. The van der Waals surface area contributed by atoms with Crippen LogP contribution in [0.1, 0.15) is 110 Å². The van der Waals surface area contributed by atoms with Crippen LogP contribution >= 0.6 is 0 Å². The van der Waals surface area contributed by atoms with Crippen LogP contribution in [0.3, 0.4) is 0 Å². The quantitative estimate of drug-likeness (QED) is 0.141. The van der Waals surface area contributed by atoms with Gasteiger partial charge in [0.05, 0.1) is 12.7 Å². The molecule has 0 radical (unpaired) electrons. The average molecular weight is 373 g/mol. The van der Waals surface area contributed by atoms with Crippen molar-refractivity contribution >= 4 is 5.97 Å². The van der Waals surface area contributed by atoms with Gasteiger partial charge in [-0.1, -0.05) is 84.0 Å². The summed E-state index contributed by atoms with van der Waals surface area (Å²) in [6.45, 7) is 4.85. The molecule has 0 unspecified atom stereocenters. The number of esters is 1. The highest BCUT2D eigenvalue weighted by Crippen LogP contribution is 2.16. The van der Waals surface area contributed by atoms with Gasteiger partial charge in [-0.2, -0.15) is 0 Å². The van der Waals surface area contributed by atoms with Gasteiger partial charge in [0.15, 0.2) is 0 Å². The summed E-state index contributed by atoms with van der Waals surface area (Å²) in [4.78, 5) is 11.5. The molecule has 0 aliphatic rings. The lowest BCUT2D eigenvalue weighted by molar-refractivity contribution is -0.144. The molecule has 0 aromatic rings. The fraction of sp³-hybridized carbons (Fsp3) is 0.955. The first-order valence-electron chi connectivity index (χ1n) is 11.0. The monoisotopic (exact) mass is 372 g/mol. The van der Waals surface area contributed by atoms with Crippen LogP contribution in [0.15, 0.2) is 0 Å². The van der Waals surface area contributed by atoms with E-state index in [1.165, 1.54) is 70.6 Å². The van der Waals surface area contributed by atoms with E-state index in [9.17, 15) is 4.79 Å². The normalized spacial score (nSPS) is 12.3. The molecule has 0 aromatic heterocycles. The first kappa shape index (κ1) is 25.4. The number of carbonyl (C=O) groups is 1. The summed E-state index contributed by atoms with van der Waals surface area (Å²) in [5.74, 6) is -0.131. The number of unbranched alkanes of at least 4 members (excludes halogenated alkanes) is 11. The van der Waals surface area contributed by atoms with Crippen LogP contribution in [0, 0.1) is 0 Å². The standard InChI is InChI=1S/C22H44O4/c1-4-6-7-8-9-10-11-12-13-14-15-16-17-21(26-20-24-3)18-19-22(23)25-5-2/h21H,4-20H2,1-3H3/t21-/m0/s1. The highest BCUT2D eigenvalue weighted by atomic mass is 16.7. The van der Waals surface area contributed by atoms with Crippen molar-refractivity contribution < 1.29 is 19.0 Å². The van der Waals surface area contributed by atoms with Crippen molar-refractivity contribution in [1.29, 1.82) is 0 Å². The van der Waals surface area contributed by atoms with Crippen LogP contribution < -0.4 is 0 Å². The third-order valence-corrected chi connectivity index (χ3v) is 4.78. The van der Waals surface area contributed by atoms with E-state index in [1.807, 2.05) is 6.92 Å². The predicted molar refractivity (Wildman–Crippen MR) is 108 cm³/mol. The predicted octanol–water partition coefficient (Wildman–Crippen LogP) is 6.41. The molecule has 0 rings (SSSR count). The zero-order chi connectivity index (χ0) is 19.3. The first-order valence-corrected chi connectivity index (χ1v) is 11.0. The maximum absolute atomic E-state index is 11.5. The Morgan fingerprint density at radius 3 is 1.81 bits per heavy atom. The number of rotatable bonds is 20. The van der Waals surface area contributed by atoms with Gasteiger partial charge in [0.25, 0.3) is 0 Å². The Balaban J connectivity index is 3.55. The molecular weight excluding hydrogens is 328 g/mol. The van der Waals surface area contributed by atoms with Crippen LogP contribution in [0.4, 0.5) is 0 Å². The largest absolute Gasteiger partial charge is 0.466 e. The molecule has 4 heteroatoms. The van der Waals surface area contributed by atoms with Crippen molar-refractivity contribution in [3.05, 3.63) is 0 Å². The molecule has 0 bridgehead atoms. The zero-order valence-electron chi connectivity index (χ0n) is 17.7. The lowest BCUT2D eigenvalue weighted by Crippen LogP contribution is -2.17. The minimum Gasteiger partial charge on any atom is -0.466 e. The molecule has 1 atom stereocenters. The van der Waals surface area contributed by atoms with E-state index < -0.39 is 0 Å². The Morgan fingerprint density at radius 2 is 1.31 bits per heavy atom. The number of hydrogen-bond donors (Lipinski definition) is 0. The molecule has 0 aromatic carbocycles. The van der Waals surface area contributed by atoms with E-state index in [1.54, 1.807) is 7.11 Å². The molecule has 0 fully saturated rings. The summed E-state index contributed by atoms with van der Waals surface area (Å²) in [7, 11) is 1.63. The van der Waals surface area contributed by atoms with Gasteiger partial charge in [-0.25, -0.2) is 0 Å². The molecule has 4 nitrogen and oxygen atoms in total. The molecule has 0 spiro atoms. The Morgan fingerprint density at radius 1 is 0.769 bits per heavy atom. The van der Waals surface area contributed by atoms with Gasteiger partial charge < -0.3 is 14.2 Å². The SMILES string of the molecule is CCCCCCCCCCCCCC[C@@H](CCC(=O)OCC)OCOC. The summed E-state index contributed by atoms with van der Waals surface area (Å²) >= 11 is 0. The smallest absolute Gasteiger partial charge is 0.305 e. The van der Waals surface area contributed by atoms with Crippen LogP contribution in [0.25, 0.3) is 0 Å². The maximum atomic E-state index is 11.5. The molecular formula is C22H44O4. The Labute approximate surface area is 162 Å². The van der Waals surface area contributed by atoms with E-state index >= 15 is 0 Å². The summed E-state index contributed by atoms with van der Waals surface area (Å²) in [6.07, 6.45) is 18.5. The molecule has 0 aliphatic heterocycles. The van der Waals surface area contributed by atoms with E-state index in [0.717, 1.165) is 19.3 Å². The molecule has 0 amide bonds. The third kappa shape index (κ3) is 18.2. The fourth-order valence-electron chi connectivity index (χ4n) is 3.20. The minimum atomic E-state index is -0.131. The van der Waals surface area contributed by atoms with Gasteiger partial charge in [-0.3, -0.25) is 4.79 Å². The molecule has 0 aliphatic carbocycles. The molecule has 26 heavy (non-hydrogen) atoms. The number of hydrogen-bond acceptors (Lipinski definition) is 4. The van der Waals surface area contributed by atoms with Crippen molar-refractivity contribution in [2.75, 3.05) is 20.5 Å². The van der Waals surface area contributed by atoms with Gasteiger partial charge in [-0.05, 0) is 19.8 Å². The highest BCUT2D eigenvalue weighted by molar-refractivity contribution is 5.69. The van der Waals surface area contributed by atoms with E-state index in [2.05, 4.69) is 6.92 Å². The topological polar surface area (TPSA) is 44.8 Å². The van der Waals surface area contributed by atoms with Crippen molar-refractivity contribution in [2.45, 2.75) is 116 Å². The average Bonchev–Trinajstić information content (AvgIpc) is 2.64. The number of methoxy groups -OCH3 is 1. The molecule has 0 heterocycles. The summed E-state index contributed by atoms with van der Waals surface area (Å²) in [5, 5.41) is 0. The van der Waals surface area contributed by atoms with Crippen molar-refractivity contribution in [3.63, 3.8) is 0 Å². The van der Waals surface area contributed by atoms with Gasteiger partial charge in [0.2, 0.25) is 0 Å². The van der Waals surface area contributed by atoms with Crippen LogP contribution in [0.2, 0.25) is 0 Å². The zero-order valence-corrected chi connectivity index (χ0v) is 17.7. The summed E-state index contributed by atoms with van der Waals surface area (Å²) in [5.41, 5.74) is 0. The van der Waals surface area contributed by atoms with E-state index in [0.29, 0.717) is 19.8 Å². The lowest BCUT2D eigenvalue weighted by Gasteiger charge is -2.17. The summed E-state index contributed by atoms with van der Waals surface area (Å²) in [6, 6.07) is 0. The van der Waals surface area contributed by atoms with E-state index in [-0.39, 0.29) is 12.1 Å². The van der Waals surface area contributed by atoms with Gasteiger partial charge in [0, 0.05) is 13.5 Å². The number of ether oxygens (including phenoxy) is 3. The van der Waals surface area contributed by atoms with E-state index in [4.69, 9.17) is 14.2 Å². The Bertz CT molecular complexity index is 294. The van der Waals surface area contributed by atoms with Gasteiger partial charge >= 0.3 is 5.97 Å². The molecule has 156 valence electrons. The molecule has 0 N–H and O–H groups in total. The third-order valence-electron chi connectivity index (χ3n) is 4.78. The second-order valence-corrected chi connectivity index (χ2v) is 7.22. The second-order valence-electron chi connectivity index (χ2n) is 7.22. The minimum absolute atomic E-state index is 0.0995. The van der Waals surface area contributed by atoms with Crippen molar-refractivity contribution in [3.8, 4) is 0 Å².